The molecule has 0 amide bonds. The fourth-order valence-corrected chi connectivity index (χ4v) is 4.90. The van der Waals surface area contributed by atoms with Crippen molar-refractivity contribution in [3.05, 3.63) is 23.0 Å². The SMILES string of the molecule is Cc1cc2c(n1CC1CCCS1)CC(C)(C)CC2O. The van der Waals surface area contributed by atoms with Gasteiger partial charge in [-0.25, -0.2) is 0 Å². The van der Waals surface area contributed by atoms with E-state index in [-0.39, 0.29) is 11.5 Å². The van der Waals surface area contributed by atoms with E-state index in [1.807, 2.05) is 0 Å². The summed E-state index contributed by atoms with van der Waals surface area (Å²) in [4.78, 5) is 0. The van der Waals surface area contributed by atoms with Crippen LogP contribution >= 0.6 is 11.8 Å². The molecule has 1 fully saturated rings. The van der Waals surface area contributed by atoms with E-state index in [0.29, 0.717) is 0 Å². The second-order valence-corrected chi connectivity index (χ2v) is 8.40. The second-order valence-electron chi connectivity index (χ2n) is 6.99. The molecule has 3 heteroatoms. The summed E-state index contributed by atoms with van der Waals surface area (Å²) < 4.78 is 2.49. The van der Waals surface area contributed by atoms with E-state index < -0.39 is 0 Å². The van der Waals surface area contributed by atoms with E-state index >= 15 is 0 Å². The van der Waals surface area contributed by atoms with Gasteiger partial charge in [-0.3, -0.25) is 0 Å². The third-order valence-electron chi connectivity index (χ3n) is 4.61. The van der Waals surface area contributed by atoms with E-state index in [9.17, 15) is 5.11 Å². The number of hydrogen-bond donors (Lipinski definition) is 1. The van der Waals surface area contributed by atoms with Gasteiger partial charge in [-0.15, -0.1) is 0 Å². The molecule has 0 radical (unpaired) electrons. The molecule has 2 aliphatic rings. The van der Waals surface area contributed by atoms with Gasteiger partial charge in [0.05, 0.1) is 6.10 Å². The molecule has 2 unspecified atom stereocenters. The molecule has 2 atom stereocenters. The van der Waals surface area contributed by atoms with Crippen LogP contribution in [0.25, 0.3) is 0 Å². The highest BCUT2D eigenvalue weighted by atomic mass is 32.2. The van der Waals surface area contributed by atoms with Gasteiger partial charge in [-0.05, 0) is 49.8 Å². The monoisotopic (exact) mass is 279 g/mol. The van der Waals surface area contributed by atoms with Crippen molar-refractivity contribution in [1.82, 2.24) is 4.57 Å². The Labute approximate surface area is 120 Å². The van der Waals surface area contributed by atoms with Crippen LogP contribution in [0, 0.1) is 12.3 Å². The Morgan fingerprint density at radius 3 is 2.95 bits per heavy atom. The fraction of sp³-hybridized carbons (Fsp3) is 0.750. The quantitative estimate of drug-likeness (QED) is 0.893. The number of fused-ring (bicyclic) bond motifs is 1. The summed E-state index contributed by atoms with van der Waals surface area (Å²) >= 11 is 2.12. The summed E-state index contributed by atoms with van der Waals surface area (Å²) in [6, 6.07) is 2.22. The first kappa shape index (κ1) is 13.6. The first-order chi connectivity index (χ1) is 8.96. The Kier molecular flexibility index (Phi) is 3.46. The molecule has 106 valence electrons. The van der Waals surface area contributed by atoms with Crippen LogP contribution in [0.5, 0.6) is 0 Å². The van der Waals surface area contributed by atoms with Crippen molar-refractivity contribution in [2.75, 3.05) is 5.75 Å². The summed E-state index contributed by atoms with van der Waals surface area (Å²) in [5.41, 5.74) is 4.14. The Balaban J connectivity index is 1.92. The van der Waals surface area contributed by atoms with Crippen LogP contribution in [-0.2, 0) is 13.0 Å². The van der Waals surface area contributed by atoms with E-state index in [1.54, 1.807) is 0 Å². The van der Waals surface area contributed by atoms with Gasteiger partial charge in [-0.2, -0.15) is 11.8 Å². The Hall–Kier alpha value is -0.410. The van der Waals surface area contributed by atoms with Gasteiger partial charge in [0.2, 0.25) is 0 Å². The molecule has 0 aromatic carbocycles. The van der Waals surface area contributed by atoms with Crippen molar-refractivity contribution < 1.29 is 5.11 Å². The van der Waals surface area contributed by atoms with Crippen molar-refractivity contribution in [1.29, 1.82) is 0 Å². The predicted molar refractivity (Wildman–Crippen MR) is 81.7 cm³/mol. The zero-order valence-electron chi connectivity index (χ0n) is 12.3. The molecule has 1 saturated heterocycles. The summed E-state index contributed by atoms with van der Waals surface area (Å²) in [6.45, 7) is 7.87. The number of nitrogens with zero attached hydrogens (tertiary/aromatic N) is 1. The number of aryl methyl sites for hydroxylation is 1. The van der Waals surface area contributed by atoms with E-state index in [4.69, 9.17) is 0 Å². The predicted octanol–water partition coefficient (Wildman–Crippen LogP) is 3.70. The summed E-state index contributed by atoms with van der Waals surface area (Å²) in [6.07, 6.45) is 4.44. The molecule has 3 rings (SSSR count). The highest BCUT2D eigenvalue weighted by molar-refractivity contribution is 8.00. The van der Waals surface area contributed by atoms with Crippen molar-refractivity contribution in [2.24, 2.45) is 5.41 Å². The normalized spacial score (nSPS) is 29.5. The minimum absolute atomic E-state index is 0.220. The topological polar surface area (TPSA) is 25.2 Å². The molecule has 0 bridgehead atoms. The van der Waals surface area contributed by atoms with Gasteiger partial charge in [0.15, 0.2) is 0 Å². The molecule has 1 aliphatic heterocycles. The number of aromatic nitrogens is 1. The largest absolute Gasteiger partial charge is 0.388 e. The van der Waals surface area contributed by atoms with Crippen LogP contribution in [0.2, 0.25) is 0 Å². The van der Waals surface area contributed by atoms with E-state index in [0.717, 1.165) is 24.6 Å². The minimum atomic E-state index is -0.269. The minimum Gasteiger partial charge on any atom is -0.388 e. The van der Waals surface area contributed by atoms with Crippen LogP contribution < -0.4 is 0 Å². The Bertz CT molecular complexity index is 471. The number of rotatable bonds is 2. The lowest BCUT2D eigenvalue weighted by molar-refractivity contribution is 0.0979. The molecule has 1 aromatic rings. The number of aliphatic hydroxyl groups excluding tert-OH is 1. The van der Waals surface area contributed by atoms with Crippen LogP contribution in [0.4, 0.5) is 0 Å². The lowest BCUT2D eigenvalue weighted by atomic mass is 9.75. The molecule has 2 nitrogen and oxygen atoms in total. The third-order valence-corrected chi connectivity index (χ3v) is 5.99. The van der Waals surface area contributed by atoms with Crippen LogP contribution in [0.3, 0.4) is 0 Å². The Morgan fingerprint density at radius 1 is 1.47 bits per heavy atom. The molecule has 0 saturated carbocycles. The second kappa shape index (κ2) is 4.85. The maximum atomic E-state index is 10.4. The Morgan fingerprint density at radius 2 is 2.26 bits per heavy atom. The standard InChI is InChI=1S/C16H25NOS/c1-11-7-13-14(8-16(2,3)9-15(13)18)17(11)10-12-5-4-6-19-12/h7,12,15,18H,4-6,8-10H2,1-3H3. The maximum absolute atomic E-state index is 10.4. The van der Waals surface area contributed by atoms with Crippen molar-refractivity contribution in [3.8, 4) is 0 Å². The van der Waals surface area contributed by atoms with Crippen LogP contribution in [0.1, 0.15) is 56.2 Å². The number of hydrogen-bond acceptors (Lipinski definition) is 2. The number of aliphatic hydroxyl groups is 1. The summed E-state index contributed by atoms with van der Waals surface area (Å²) in [5, 5.41) is 11.2. The van der Waals surface area contributed by atoms with Crippen molar-refractivity contribution in [2.45, 2.75) is 64.4 Å². The molecule has 19 heavy (non-hydrogen) atoms. The van der Waals surface area contributed by atoms with Crippen LogP contribution in [0.15, 0.2) is 6.07 Å². The highest BCUT2D eigenvalue weighted by Crippen LogP contribution is 2.42. The molecule has 1 aromatic heterocycles. The lowest BCUT2D eigenvalue weighted by Gasteiger charge is -2.34. The smallest absolute Gasteiger partial charge is 0.0812 e. The van der Waals surface area contributed by atoms with Crippen molar-refractivity contribution in [3.63, 3.8) is 0 Å². The third kappa shape index (κ3) is 2.59. The number of thioether (sulfide) groups is 1. The molecule has 0 spiro atoms. The summed E-state index contributed by atoms with van der Waals surface area (Å²) in [5.74, 6) is 1.32. The average molecular weight is 279 g/mol. The van der Waals surface area contributed by atoms with Gasteiger partial charge in [0.25, 0.3) is 0 Å². The van der Waals surface area contributed by atoms with Crippen molar-refractivity contribution >= 4 is 11.8 Å². The molecular weight excluding hydrogens is 254 g/mol. The van der Waals surface area contributed by atoms with E-state index in [1.165, 1.54) is 35.5 Å². The van der Waals surface area contributed by atoms with Gasteiger partial charge in [0, 0.05) is 28.7 Å². The zero-order valence-corrected chi connectivity index (χ0v) is 13.1. The van der Waals surface area contributed by atoms with Gasteiger partial charge < -0.3 is 9.67 Å². The maximum Gasteiger partial charge on any atom is 0.0812 e. The first-order valence-electron chi connectivity index (χ1n) is 7.45. The average Bonchev–Trinajstić information content (AvgIpc) is 2.90. The zero-order chi connectivity index (χ0) is 13.6. The highest BCUT2D eigenvalue weighted by Gasteiger charge is 2.34. The lowest BCUT2D eigenvalue weighted by Crippen LogP contribution is -2.27. The first-order valence-corrected chi connectivity index (χ1v) is 8.50. The summed E-state index contributed by atoms with van der Waals surface area (Å²) in [7, 11) is 0. The van der Waals surface area contributed by atoms with Gasteiger partial charge in [-0.1, -0.05) is 13.8 Å². The fourth-order valence-electron chi connectivity index (χ4n) is 3.65. The van der Waals surface area contributed by atoms with Crippen LogP contribution in [-0.4, -0.2) is 20.7 Å². The molecular formula is C16H25NOS. The molecule has 1 aliphatic carbocycles. The molecule has 2 heterocycles. The van der Waals surface area contributed by atoms with Gasteiger partial charge in [0.1, 0.15) is 0 Å². The van der Waals surface area contributed by atoms with E-state index in [2.05, 4.69) is 43.2 Å². The molecule has 1 N–H and O–H groups in total. The van der Waals surface area contributed by atoms with Gasteiger partial charge >= 0.3 is 0 Å².